The van der Waals surface area contributed by atoms with E-state index in [-0.39, 0.29) is 18.7 Å². The smallest absolute Gasteiger partial charge is 0.410 e. The Morgan fingerprint density at radius 3 is 2.38 bits per heavy atom. The lowest BCUT2D eigenvalue weighted by molar-refractivity contribution is 0.0211. The van der Waals surface area contributed by atoms with Crippen LogP contribution in [-0.2, 0) is 17.8 Å². The van der Waals surface area contributed by atoms with E-state index in [2.05, 4.69) is 9.97 Å². The third-order valence-corrected chi connectivity index (χ3v) is 3.48. The minimum atomic E-state index is -1.03. The van der Waals surface area contributed by atoms with Crippen LogP contribution in [0.2, 0.25) is 0 Å². The second-order valence-electron chi connectivity index (χ2n) is 6.95. The molecule has 7 nitrogen and oxygen atoms in total. The van der Waals surface area contributed by atoms with Gasteiger partial charge in [0.2, 0.25) is 0 Å². The largest absolute Gasteiger partial charge is 0.478 e. The van der Waals surface area contributed by atoms with Gasteiger partial charge < -0.3 is 9.84 Å². The summed E-state index contributed by atoms with van der Waals surface area (Å²) in [5.74, 6) is -1.03. The topological polar surface area (TPSA) is 92.6 Å². The number of carboxylic acids is 1. The van der Waals surface area contributed by atoms with Gasteiger partial charge in [0.1, 0.15) is 5.60 Å². The van der Waals surface area contributed by atoms with Crippen LogP contribution in [-0.4, -0.2) is 37.6 Å². The van der Waals surface area contributed by atoms with Crippen LogP contribution in [0.15, 0.2) is 36.7 Å². The normalized spacial score (nSPS) is 11.1. The van der Waals surface area contributed by atoms with Gasteiger partial charge in [0.25, 0.3) is 0 Å². The summed E-state index contributed by atoms with van der Waals surface area (Å²) >= 11 is 0. The number of pyridine rings is 2. The molecule has 0 spiro atoms. The number of ether oxygens (including phenoxy) is 1. The lowest BCUT2D eigenvalue weighted by Crippen LogP contribution is -2.36. The van der Waals surface area contributed by atoms with Crippen LogP contribution in [0.5, 0.6) is 0 Å². The molecule has 0 atom stereocenters. The van der Waals surface area contributed by atoms with Crippen LogP contribution in [0, 0.1) is 6.92 Å². The number of carbonyl (C=O) groups excluding carboxylic acids is 1. The van der Waals surface area contributed by atoms with Crippen LogP contribution in [0.4, 0.5) is 4.79 Å². The molecule has 0 unspecified atom stereocenters. The number of hydrogen-bond acceptors (Lipinski definition) is 5. The fourth-order valence-electron chi connectivity index (χ4n) is 2.32. The molecule has 0 saturated heterocycles. The molecule has 2 rings (SSSR count). The van der Waals surface area contributed by atoms with Crippen LogP contribution in [0.25, 0.3) is 0 Å². The highest BCUT2D eigenvalue weighted by atomic mass is 16.6. The first-order valence-electron chi connectivity index (χ1n) is 8.22. The van der Waals surface area contributed by atoms with Crippen molar-refractivity contribution < 1.29 is 19.4 Å². The summed E-state index contributed by atoms with van der Waals surface area (Å²) in [6.07, 6.45) is 2.48. The summed E-state index contributed by atoms with van der Waals surface area (Å²) in [5, 5.41) is 9.12. The highest BCUT2D eigenvalue weighted by molar-refractivity contribution is 5.88. The van der Waals surface area contributed by atoms with E-state index in [4.69, 9.17) is 9.84 Å². The molecule has 7 heteroatoms. The Kier molecular flexibility index (Phi) is 5.92. The lowest BCUT2D eigenvalue weighted by Gasteiger charge is -2.27. The highest BCUT2D eigenvalue weighted by Crippen LogP contribution is 2.16. The van der Waals surface area contributed by atoms with Crippen LogP contribution < -0.4 is 0 Å². The molecule has 0 saturated carbocycles. The molecule has 2 aromatic heterocycles. The second-order valence-corrected chi connectivity index (χ2v) is 6.95. The van der Waals surface area contributed by atoms with Crippen molar-refractivity contribution in [3.05, 3.63) is 59.2 Å². The molecule has 0 radical (unpaired) electrons. The summed E-state index contributed by atoms with van der Waals surface area (Å²) < 4.78 is 5.47. The molecule has 0 aromatic carbocycles. The van der Waals surface area contributed by atoms with E-state index in [1.54, 1.807) is 46.0 Å². The fourth-order valence-corrected chi connectivity index (χ4v) is 2.32. The first-order chi connectivity index (χ1) is 12.2. The van der Waals surface area contributed by atoms with Crippen molar-refractivity contribution >= 4 is 12.1 Å². The predicted molar refractivity (Wildman–Crippen MR) is 95.7 cm³/mol. The van der Waals surface area contributed by atoms with Crippen molar-refractivity contribution in [1.29, 1.82) is 0 Å². The van der Waals surface area contributed by atoms with Gasteiger partial charge in [0.05, 0.1) is 30.0 Å². The first-order valence-corrected chi connectivity index (χ1v) is 8.22. The van der Waals surface area contributed by atoms with E-state index in [0.717, 1.165) is 5.69 Å². The number of aryl methyl sites for hydroxylation is 1. The SMILES string of the molecule is Cc1cc(CN(Cc2ccccn2)C(=O)OC(C)(C)C)ncc1C(=O)O. The number of carboxylic acid groups (broad SMARTS) is 1. The zero-order valence-electron chi connectivity index (χ0n) is 15.4. The Labute approximate surface area is 152 Å². The van der Waals surface area contributed by atoms with Gasteiger partial charge in [-0.15, -0.1) is 0 Å². The number of aromatic carboxylic acids is 1. The quantitative estimate of drug-likeness (QED) is 0.881. The van der Waals surface area contributed by atoms with Gasteiger partial charge >= 0.3 is 12.1 Å². The minimum Gasteiger partial charge on any atom is -0.478 e. The highest BCUT2D eigenvalue weighted by Gasteiger charge is 2.23. The Balaban J connectivity index is 2.24. The Bertz CT molecular complexity index is 785. The van der Waals surface area contributed by atoms with Gasteiger partial charge in [-0.05, 0) is 51.5 Å². The number of aromatic nitrogens is 2. The molecule has 2 aromatic rings. The lowest BCUT2D eigenvalue weighted by atomic mass is 10.1. The second kappa shape index (κ2) is 7.95. The van der Waals surface area contributed by atoms with Crippen molar-refractivity contribution in [1.82, 2.24) is 14.9 Å². The summed E-state index contributed by atoms with van der Waals surface area (Å²) in [5.41, 5.74) is 1.40. The summed E-state index contributed by atoms with van der Waals surface area (Å²) in [6, 6.07) is 7.14. The van der Waals surface area contributed by atoms with Gasteiger partial charge in [-0.1, -0.05) is 6.07 Å². The molecule has 0 aliphatic carbocycles. The maximum absolute atomic E-state index is 12.6. The van der Waals surface area contributed by atoms with Gasteiger partial charge in [0.15, 0.2) is 0 Å². The maximum Gasteiger partial charge on any atom is 0.410 e. The molecule has 1 amide bonds. The molecular formula is C19H23N3O4. The van der Waals surface area contributed by atoms with E-state index in [1.165, 1.54) is 11.1 Å². The van der Waals surface area contributed by atoms with Gasteiger partial charge in [0, 0.05) is 12.4 Å². The zero-order chi connectivity index (χ0) is 19.3. The fraction of sp³-hybridized carbons (Fsp3) is 0.368. The summed E-state index contributed by atoms with van der Waals surface area (Å²) in [6.45, 7) is 7.55. The van der Waals surface area contributed by atoms with E-state index in [9.17, 15) is 9.59 Å². The monoisotopic (exact) mass is 357 g/mol. The molecular weight excluding hydrogens is 334 g/mol. The zero-order valence-corrected chi connectivity index (χ0v) is 15.4. The van der Waals surface area contributed by atoms with Crippen molar-refractivity contribution in [2.24, 2.45) is 0 Å². The predicted octanol–water partition coefficient (Wildman–Crippen LogP) is 3.42. The van der Waals surface area contributed by atoms with Crippen LogP contribution in [0.3, 0.4) is 0 Å². The van der Waals surface area contributed by atoms with Crippen LogP contribution in [0.1, 0.15) is 48.1 Å². The summed E-state index contributed by atoms with van der Waals surface area (Å²) in [7, 11) is 0. The Hall–Kier alpha value is -2.96. The summed E-state index contributed by atoms with van der Waals surface area (Å²) in [4.78, 5) is 33.6. The van der Waals surface area contributed by atoms with E-state index < -0.39 is 17.7 Å². The van der Waals surface area contributed by atoms with Gasteiger partial charge in [-0.25, -0.2) is 9.59 Å². The van der Waals surface area contributed by atoms with Crippen molar-refractivity contribution in [3.63, 3.8) is 0 Å². The number of carbonyl (C=O) groups is 2. The number of hydrogen-bond donors (Lipinski definition) is 1. The standard InChI is InChI=1S/C19H23N3O4/c1-13-9-15(21-10-16(13)17(23)24)12-22(18(25)26-19(2,3)4)11-14-7-5-6-8-20-14/h5-10H,11-12H2,1-4H3,(H,23,24). The minimum absolute atomic E-state index is 0.141. The molecule has 138 valence electrons. The first kappa shape index (κ1) is 19.4. The molecule has 1 N–H and O–H groups in total. The van der Waals surface area contributed by atoms with Gasteiger partial charge in [-0.2, -0.15) is 0 Å². The molecule has 0 aliphatic heterocycles. The van der Waals surface area contributed by atoms with E-state index in [0.29, 0.717) is 11.3 Å². The molecule has 0 aliphatic rings. The number of rotatable bonds is 5. The van der Waals surface area contributed by atoms with Crippen molar-refractivity contribution in [3.8, 4) is 0 Å². The van der Waals surface area contributed by atoms with Crippen molar-refractivity contribution in [2.45, 2.75) is 46.4 Å². The number of amides is 1. The third kappa shape index (κ3) is 5.54. The van der Waals surface area contributed by atoms with Crippen LogP contribution >= 0.6 is 0 Å². The van der Waals surface area contributed by atoms with E-state index in [1.807, 2.05) is 12.1 Å². The molecule has 0 fully saturated rings. The Morgan fingerprint density at radius 1 is 1.15 bits per heavy atom. The van der Waals surface area contributed by atoms with E-state index >= 15 is 0 Å². The van der Waals surface area contributed by atoms with Gasteiger partial charge in [-0.3, -0.25) is 14.9 Å². The average Bonchev–Trinajstić information content (AvgIpc) is 2.53. The third-order valence-electron chi connectivity index (χ3n) is 3.48. The average molecular weight is 357 g/mol. The maximum atomic E-state index is 12.6. The molecule has 26 heavy (non-hydrogen) atoms. The molecule has 2 heterocycles. The molecule has 0 bridgehead atoms. The van der Waals surface area contributed by atoms with Crippen molar-refractivity contribution in [2.75, 3.05) is 0 Å². The Morgan fingerprint density at radius 2 is 1.85 bits per heavy atom. The number of nitrogens with zero attached hydrogens (tertiary/aromatic N) is 3.